The van der Waals surface area contributed by atoms with Crippen LogP contribution in [-0.2, 0) is 9.59 Å². The second kappa shape index (κ2) is 8.35. The van der Waals surface area contributed by atoms with Gasteiger partial charge in [-0.1, -0.05) is 44.2 Å². The number of anilines is 1. The fourth-order valence-electron chi connectivity index (χ4n) is 2.81. The maximum atomic E-state index is 12.2. The molecular weight excluding hydrogens is 376 g/mol. The molecule has 0 aliphatic heterocycles. The third-order valence-corrected chi connectivity index (χ3v) is 5.31. The summed E-state index contributed by atoms with van der Waals surface area (Å²) < 4.78 is 0. The molecule has 0 unspecified atom stereocenters. The van der Waals surface area contributed by atoms with Crippen molar-refractivity contribution < 1.29 is 14.7 Å². The first-order valence-electron chi connectivity index (χ1n) is 8.95. The van der Waals surface area contributed by atoms with Gasteiger partial charge in [0.25, 0.3) is 0 Å². The van der Waals surface area contributed by atoms with Crippen molar-refractivity contribution in [1.82, 2.24) is 15.3 Å². The number of hydrogen-bond acceptors (Lipinski definition) is 6. The molecule has 0 spiro atoms. The number of carbonyl (C=O) groups excluding carboxylic acids is 1. The van der Waals surface area contributed by atoms with Gasteiger partial charge in [-0.3, -0.25) is 4.79 Å². The molecule has 28 heavy (non-hydrogen) atoms. The Labute approximate surface area is 166 Å². The van der Waals surface area contributed by atoms with Crippen LogP contribution in [0.4, 0.5) is 5.82 Å². The van der Waals surface area contributed by atoms with Crippen LogP contribution in [0.3, 0.4) is 0 Å². The molecule has 2 aromatic heterocycles. The zero-order chi connectivity index (χ0) is 20.3. The third-order valence-electron chi connectivity index (χ3n) is 4.23. The molecule has 0 fully saturated rings. The first-order chi connectivity index (χ1) is 13.3. The monoisotopic (exact) mass is 398 g/mol. The van der Waals surface area contributed by atoms with Gasteiger partial charge in [-0.05, 0) is 24.5 Å². The summed E-state index contributed by atoms with van der Waals surface area (Å²) in [5.41, 5.74) is 1.09. The van der Waals surface area contributed by atoms with Crippen molar-refractivity contribution >= 4 is 39.2 Å². The van der Waals surface area contributed by atoms with Gasteiger partial charge in [-0.25, -0.2) is 14.8 Å². The van der Waals surface area contributed by atoms with E-state index >= 15 is 0 Å². The highest BCUT2D eigenvalue weighted by Crippen LogP contribution is 2.35. The summed E-state index contributed by atoms with van der Waals surface area (Å²) in [5, 5.41) is 15.6. The molecule has 0 radical (unpaired) electrons. The number of rotatable bonds is 7. The van der Waals surface area contributed by atoms with Crippen molar-refractivity contribution in [1.29, 1.82) is 0 Å². The second-order valence-corrected chi connectivity index (χ2v) is 7.83. The lowest BCUT2D eigenvalue weighted by molar-refractivity contribution is -0.142. The largest absolute Gasteiger partial charge is 0.480 e. The lowest BCUT2D eigenvalue weighted by atomic mass is 10.1. The van der Waals surface area contributed by atoms with Gasteiger partial charge in [0.15, 0.2) is 0 Å². The van der Waals surface area contributed by atoms with E-state index in [0.717, 1.165) is 20.7 Å². The molecule has 0 aliphatic rings. The van der Waals surface area contributed by atoms with E-state index in [9.17, 15) is 14.7 Å². The minimum atomic E-state index is -1.05. The van der Waals surface area contributed by atoms with Crippen LogP contribution < -0.4 is 10.6 Å². The SMILES string of the molecule is Cc1nc(NCC(=O)N[C@H](C(=O)O)C(C)C)c2cc(-c3ccccc3)sc2n1. The maximum Gasteiger partial charge on any atom is 0.326 e. The van der Waals surface area contributed by atoms with E-state index in [4.69, 9.17) is 0 Å². The average molecular weight is 398 g/mol. The summed E-state index contributed by atoms with van der Waals surface area (Å²) in [5.74, 6) is -0.493. The number of nitrogens with one attached hydrogen (secondary N) is 2. The minimum absolute atomic E-state index is 0.0709. The van der Waals surface area contributed by atoms with Gasteiger partial charge in [0, 0.05) is 4.88 Å². The molecule has 1 amide bonds. The van der Waals surface area contributed by atoms with Crippen LogP contribution in [0.25, 0.3) is 20.7 Å². The average Bonchev–Trinajstić information content (AvgIpc) is 3.08. The summed E-state index contributed by atoms with van der Waals surface area (Å²) in [4.78, 5) is 34.3. The first-order valence-corrected chi connectivity index (χ1v) is 9.76. The Morgan fingerprint density at radius 1 is 1.18 bits per heavy atom. The Morgan fingerprint density at radius 2 is 1.89 bits per heavy atom. The molecule has 1 atom stereocenters. The number of thiophene rings is 1. The Morgan fingerprint density at radius 3 is 2.54 bits per heavy atom. The summed E-state index contributed by atoms with van der Waals surface area (Å²) in [6.45, 7) is 5.23. The molecule has 0 saturated heterocycles. The number of aromatic nitrogens is 2. The number of nitrogens with zero attached hydrogens (tertiary/aromatic N) is 2. The minimum Gasteiger partial charge on any atom is -0.480 e. The zero-order valence-corrected chi connectivity index (χ0v) is 16.7. The molecule has 3 aromatic rings. The van der Waals surface area contributed by atoms with Gasteiger partial charge < -0.3 is 15.7 Å². The molecule has 3 rings (SSSR count). The van der Waals surface area contributed by atoms with Crippen molar-refractivity contribution in [2.45, 2.75) is 26.8 Å². The molecule has 8 heteroatoms. The van der Waals surface area contributed by atoms with Crippen molar-refractivity contribution in [2.75, 3.05) is 11.9 Å². The number of hydrogen-bond donors (Lipinski definition) is 3. The van der Waals surface area contributed by atoms with Crippen molar-refractivity contribution in [3.8, 4) is 10.4 Å². The van der Waals surface area contributed by atoms with Crippen LogP contribution in [0, 0.1) is 12.8 Å². The van der Waals surface area contributed by atoms with Gasteiger partial charge >= 0.3 is 5.97 Å². The molecule has 1 aromatic carbocycles. The number of amides is 1. The van der Waals surface area contributed by atoms with Crippen LogP contribution in [0.15, 0.2) is 36.4 Å². The standard InChI is InChI=1S/C20H22N4O3S/c1-11(2)17(20(26)27)24-16(25)10-21-18-14-9-15(13-7-5-4-6-8-13)28-19(14)23-12(3)22-18/h4-9,11,17H,10H2,1-3H3,(H,24,25)(H,26,27)(H,21,22,23)/t17-/m0/s1. The number of benzene rings is 1. The predicted molar refractivity (Wildman–Crippen MR) is 110 cm³/mol. The quantitative estimate of drug-likeness (QED) is 0.564. The molecule has 0 aliphatic carbocycles. The Bertz CT molecular complexity index is 1000. The summed E-state index contributed by atoms with van der Waals surface area (Å²) in [7, 11) is 0. The van der Waals surface area contributed by atoms with E-state index in [0.29, 0.717) is 11.6 Å². The fraction of sp³-hybridized carbons (Fsp3) is 0.300. The van der Waals surface area contributed by atoms with Crippen LogP contribution in [-0.4, -0.2) is 39.5 Å². The Kier molecular flexibility index (Phi) is 5.89. The normalized spacial score (nSPS) is 12.1. The molecule has 3 N–H and O–H groups in total. The highest BCUT2D eigenvalue weighted by Gasteiger charge is 2.23. The fourth-order valence-corrected chi connectivity index (χ4v) is 3.89. The van der Waals surface area contributed by atoms with Crippen LogP contribution in [0.1, 0.15) is 19.7 Å². The Balaban J connectivity index is 1.80. The van der Waals surface area contributed by atoms with E-state index in [1.807, 2.05) is 36.4 Å². The summed E-state index contributed by atoms with van der Waals surface area (Å²) in [6, 6.07) is 11.1. The number of fused-ring (bicyclic) bond motifs is 1. The molecule has 146 valence electrons. The Hall–Kier alpha value is -3.00. The number of carbonyl (C=O) groups is 2. The third kappa shape index (κ3) is 4.45. The highest BCUT2D eigenvalue weighted by molar-refractivity contribution is 7.21. The predicted octanol–water partition coefficient (Wildman–Crippen LogP) is 3.30. The van der Waals surface area contributed by atoms with Crippen molar-refractivity contribution in [3.63, 3.8) is 0 Å². The second-order valence-electron chi connectivity index (χ2n) is 6.80. The first kappa shape index (κ1) is 19.8. The van der Waals surface area contributed by atoms with Crippen molar-refractivity contribution in [2.24, 2.45) is 5.92 Å². The van der Waals surface area contributed by atoms with E-state index < -0.39 is 17.9 Å². The number of aliphatic carboxylic acids is 1. The number of aryl methyl sites for hydroxylation is 1. The molecule has 0 bridgehead atoms. The van der Waals surface area contributed by atoms with Gasteiger partial charge in [0.1, 0.15) is 22.5 Å². The van der Waals surface area contributed by atoms with Gasteiger partial charge in [0.2, 0.25) is 5.91 Å². The lowest BCUT2D eigenvalue weighted by Gasteiger charge is -2.18. The topological polar surface area (TPSA) is 104 Å². The molecular formula is C20H22N4O3S. The van der Waals surface area contributed by atoms with Gasteiger partial charge in [0.05, 0.1) is 11.9 Å². The number of carboxylic acids is 1. The van der Waals surface area contributed by atoms with Crippen LogP contribution in [0.5, 0.6) is 0 Å². The lowest BCUT2D eigenvalue weighted by Crippen LogP contribution is -2.46. The van der Waals surface area contributed by atoms with Gasteiger partial charge in [-0.2, -0.15) is 0 Å². The zero-order valence-electron chi connectivity index (χ0n) is 15.9. The smallest absolute Gasteiger partial charge is 0.326 e. The van der Waals surface area contributed by atoms with E-state index in [2.05, 4.69) is 20.6 Å². The summed E-state index contributed by atoms with van der Waals surface area (Å²) >= 11 is 1.56. The summed E-state index contributed by atoms with van der Waals surface area (Å²) in [6.07, 6.45) is 0. The van der Waals surface area contributed by atoms with E-state index in [1.165, 1.54) is 0 Å². The van der Waals surface area contributed by atoms with Crippen LogP contribution >= 0.6 is 11.3 Å². The maximum absolute atomic E-state index is 12.2. The number of carboxylic acid groups (broad SMARTS) is 1. The molecule has 7 nitrogen and oxygen atoms in total. The highest BCUT2D eigenvalue weighted by atomic mass is 32.1. The van der Waals surface area contributed by atoms with E-state index in [1.54, 1.807) is 32.1 Å². The van der Waals surface area contributed by atoms with Crippen LogP contribution in [0.2, 0.25) is 0 Å². The molecule has 0 saturated carbocycles. The van der Waals surface area contributed by atoms with Crippen molar-refractivity contribution in [3.05, 3.63) is 42.2 Å². The van der Waals surface area contributed by atoms with E-state index in [-0.39, 0.29) is 12.5 Å². The molecule has 2 heterocycles. The van der Waals surface area contributed by atoms with Gasteiger partial charge in [-0.15, -0.1) is 11.3 Å².